The van der Waals surface area contributed by atoms with Crippen molar-refractivity contribution >= 4 is 27.5 Å². The third-order valence-corrected chi connectivity index (χ3v) is 5.29. The molecular weight excluding hydrogens is 388 g/mol. The molecular formula is C22H22N2O4S. The molecule has 0 radical (unpaired) electrons. The molecule has 0 aliphatic carbocycles. The van der Waals surface area contributed by atoms with Gasteiger partial charge >= 0.3 is 0 Å². The number of rotatable bonds is 7. The first kappa shape index (κ1) is 20.5. The Kier molecular flexibility index (Phi) is 6.57. The predicted octanol–water partition coefficient (Wildman–Crippen LogP) is 3.42. The van der Waals surface area contributed by atoms with Crippen LogP contribution in [0.4, 0.5) is 0 Å². The standard InChI is InChI=1S/C22H22N2O4S/c1-5-11-24-17-13-18(26-3)19(27-4)14-20(17)29-22(24)23-21(25)12-15-7-9-16(10-8-15)28-6-2/h1,7-10,13-14H,6,11-12H2,2-4H3. The van der Waals surface area contributed by atoms with Crippen LogP contribution in [0.25, 0.3) is 10.2 Å². The lowest BCUT2D eigenvalue weighted by atomic mass is 10.1. The zero-order valence-corrected chi connectivity index (χ0v) is 17.4. The highest BCUT2D eigenvalue weighted by Gasteiger charge is 2.13. The van der Waals surface area contributed by atoms with Crippen molar-refractivity contribution in [3.8, 4) is 29.6 Å². The maximum absolute atomic E-state index is 12.6. The summed E-state index contributed by atoms with van der Waals surface area (Å²) in [6, 6.07) is 11.1. The number of nitrogens with zero attached hydrogens (tertiary/aromatic N) is 2. The Labute approximate surface area is 173 Å². The van der Waals surface area contributed by atoms with E-state index in [1.807, 2.05) is 47.9 Å². The summed E-state index contributed by atoms with van der Waals surface area (Å²) in [5.74, 6) is 4.36. The molecule has 6 nitrogen and oxygen atoms in total. The molecule has 0 aliphatic heterocycles. The minimum Gasteiger partial charge on any atom is -0.494 e. The molecule has 1 heterocycles. The molecule has 150 valence electrons. The van der Waals surface area contributed by atoms with Gasteiger partial charge in [0, 0.05) is 12.1 Å². The number of aromatic nitrogens is 1. The van der Waals surface area contributed by atoms with Crippen LogP contribution in [0.15, 0.2) is 41.4 Å². The van der Waals surface area contributed by atoms with Gasteiger partial charge in [-0.15, -0.1) is 6.42 Å². The van der Waals surface area contributed by atoms with Gasteiger partial charge in [0.15, 0.2) is 16.3 Å². The number of amides is 1. The van der Waals surface area contributed by atoms with Crippen molar-refractivity contribution in [1.82, 2.24) is 4.57 Å². The molecule has 0 spiro atoms. The topological polar surface area (TPSA) is 62.1 Å². The first-order chi connectivity index (χ1) is 14.1. The van der Waals surface area contributed by atoms with Crippen LogP contribution in [0.3, 0.4) is 0 Å². The molecule has 0 aliphatic rings. The molecule has 0 N–H and O–H groups in total. The number of benzene rings is 2. The van der Waals surface area contributed by atoms with Crippen molar-refractivity contribution in [2.24, 2.45) is 4.99 Å². The van der Waals surface area contributed by atoms with E-state index >= 15 is 0 Å². The van der Waals surface area contributed by atoms with E-state index in [1.54, 1.807) is 14.2 Å². The van der Waals surface area contributed by atoms with Crippen molar-refractivity contribution in [2.75, 3.05) is 20.8 Å². The molecule has 1 amide bonds. The fraction of sp³-hybridized carbons (Fsp3) is 0.273. The third kappa shape index (κ3) is 4.61. The number of carbonyl (C=O) groups is 1. The highest BCUT2D eigenvalue weighted by atomic mass is 32.1. The van der Waals surface area contributed by atoms with Crippen molar-refractivity contribution in [1.29, 1.82) is 0 Å². The van der Waals surface area contributed by atoms with Crippen LogP contribution in [0.2, 0.25) is 0 Å². The maximum Gasteiger partial charge on any atom is 0.252 e. The van der Waals surface area contributed by atoms with E-state index < -0.39 is 0 Å². The number of terminal acetylenes is 1. The largest absolute Gasteiger partial charge is 0.494 e. The molecule has 0 unspecified atom stereocenters. The Morgan fingerprint density at radius 2 is 1.86 bits per heavy atom. The number of hydrogen-bond donors (Lipinski definition) is 0. The van der Waals surface area contributed by atoms with Gasteiger partial charge in [-0.2, -0.15) is 4.99 Å². The molecule has 0 saturated carbocycles. The second-order valence-electron chi connectivity index (χ2n) is 6.11. The molecule has 7 heteroatoms. The molecule has 29 heavy (non-hydrogen) atoms. The highest BCUT2D eigenvalue weighted by Crippen LogP contribution is 2.33. The number of hydrogen-bond acceptors (Lipinski definition) is 5. The van der Waals surface area contributed by atoms with Gasteiger partial charge in [0.25, 0.3) is 5.91 Å². The van der Waals surface area contributed by atoms with Gasteiger partial charge in [0.05, 0.1) is 44.0 Å². The minimum atomic E-state index is -0.245. The molecule has 0 fully saturated rings. The minimum absolute atomic E-state index is 0.198. The van der Waals surface area contributed by atoms with E-state index in [0.29, 0.717) is 29.5 Å². The predicted molar refractivity (Wildman–Crippen MR) is 114 cm³/mol. The van der Waals surface area contributed by atoms with Crippen LogP contribution in [-0.4, -0.2) is 31.3 Å². The maximum atomic E-state index is 12.6. The molecule has 2 aromatic carbocycles. The second-order valence-corrected chi connectivity index (χ2v) is 7.12. The zero-order chi connectivity index (χ0) is 20.8. The Balaban J connectivity index is 1.96. The van der Waals surface area contributed by atoms with Gasteiger partial charge < -0.3 is 18.8 Å². The summed E-state index contributed by atoms with van der Waals surface area (Å²) >= 11 is 1.38. The highest BCUT2D eigenvalue weighted by molar-refractivity contribution is 7.16. The first-order valence-electron chi connectivity index (χ1n) is 9.07. The van der Waals surface area contributed by atoms with Crippen molar-refractivity contribution < 1.29 is 19.0 Å². The lowest BCUT2D eigenvalue weighted by Gasteiger charge is -2.08. The number of fused-ring (bicyclic) bond motifs is 1. The van der Waals surface area contributed by atoms with E-state index in [1.165, 1.54) is 11.3 Å². The zero-order valence-electron chi connectivity index (χ0n) is 16.6. The quantitative estimate of drug-likeness (QED) is 0.560. The lowest BCUT2D eigenvalue weighted by Crippen LogP contribution is -2.17. The Hall–Kier alpha value is -3.24. The summed E-state index contributed by atoms with van der Waals surface area (Å²) in [4.78, 5) is 17.4. The summed E-state index contributed by atoms with van der Waals surface area (Å²) in [7, 11) is 3.16. The summed E-state index contributed by atoms with van der Waals surface area (Å²) in [6.45, 7) is 2.83. The summed E-state index contributed by atoms with van der Waals surface area (Å²) in [6.07, 6.45) is 5.74. The van der Waals surface area contributed by atoms with Crippen molar-refractivity contribution in [2.45, 2.75) is 19.9 Å². The summed E-state index contributed by atoms with van der Waals surface area (Å²) < 4.78 is 18.9. The van der Waals surface area contributed by atoms with Crippen LogP contribution >= 0.6 is 11.3 Å². The van der Waals surface area contributed by atoms with Gasteiger partial charge in [-0.25, -0.2) is 0 Å². The van der Waals surface area contributed by atoms with E-state index in [-0.39, 0.29) is 12.3 Å². The van der Waals surface area contributed by atoms with Crippen LogP contribution in [0, 0.1) is 12.3 Å². The molecule has 0 atom stereocenters. The first-order valence-corrected chi connectivity index (χ1v) is 9.89. The average molecular weight is 410 g/mol. The molecule has 1 aromatic heterocycles. The lowest BCUT2D eigenvalue weighted by molar-refractivity contribution is -0.117. The van der Waals surface area contributed by atoms with Gasteiger partial charge in [0.1, 0.15) is 5.75 Å². The number of ether oxygens (including phenoxy) is 3. The third-order valence-electron chi connectivity index (χ3n) is 4.25. The number of carbonyl (C=O) groups excluding carboxylic acids is 1. The summed E-state index contributed by atoms with van der Waals surface area (Å²) in [5.41, 5.74) is 1.72. The smallest absolute Gasteiger partial charge is 0.252 e. The van der Waals surface area contributed by atoms with Crippen LogP contribution < -0.4 is 19.0 Å². The SMILES string of the molecule is C#CCn1c(=NC(=O)Cc2ccc(OCC)cc2)sc2cc(OC)c(OC)cc21. The fourth-order valence-corrected chi connectivity index (χ4v) is 3.97. The van der Waals surface area contributed by atoms with Crippen molar-refractivity contribution in [3.63, 3.8) is 0 Å². The number of methoxy groups -OCH3 is 2. The Bertz CT molecular complexity index is 1120. The van der Waals surface area contributed by atoms with Crippen LogP contribution in [0.1, 0.15) is 12.5 Å². The second kappa shape index (κ2) is 9.30. The summed E-state index contributed by atoms with van der Waals surface area (Å²) in [5, 5.41) is 0. The molecule has 0 bridgehead atoms. The Morgan fingerprint density at radius 1 is 1.17 bits per heavy atom. The van der Waals surface area contributed by atoms with Crippen LogP contribution in [-0.2, 0) is 17.8 Å². The van der Waals surface area contributed by atoms with Gasteiger partial charge in [-0.3, -0.25) is 4.79 Å². The van der Waals surface area contributed by atoms with E-state index in [2.05, 4.69) is 10.9 Å². The Morgan fingerprint density at radius 3 is 2.48 bits per heavy atom. The average Bonchev–Trinajstić information content (AvgIpc) is 3.04. The van der Waals surface area contributed by atoms with Gasteiger partial charge in [-0.1, -0.05) is 29.4 Å². The normalized spacial score (nSPS) is 11.3. The monoisotopic (exact) mass is 410 g/mol. The van der Waals surface area contributed by atoms with Gasteiger partial charge in [-0.05, 0) is 24.6 Å². The van der Waals surface area contributed by atoms with Crippen molar-refractivity contribution in [3.05, 3.63) is 46.8 Å². The molecule has 3 aromatic rings. The van der Waals surface area contributed by atoms with E-state index in [9.17, 15) is 4.79 Å². The van der Waals surface area contributed by atoms with E-state index in [4.69, 9.17) is 20.6 Å². The van der Waals surface area contributed by atoms with Gasteiger partial charge in [0.2, 0.25) is 0 Å². The number of thiazole rings is 1. The molecule has 3 rings (SSSR count). The van der Waals surface area contributed by atoms with E-state index in [0.717, 1.165) is 21.5 Å². The molecule has 0 saturated heterocycles. The fourth-order valence-electron chi connectivity index (χ4n) is 2.92. The van der Waals surface area contributed by atoms with Crippen LogP contribution in [0.5, 0.6) is 17.2 Å².